The molecule has 0 bridgehead atoms. The van der Waals surface area contributed by atoms with Crippen LogP contribution in [0.2, 0.25) is 0 Å². The van der Waals surface area contributed by atoms with E-state index in [2.05, 4.69) is 5.32 Å². The molecule has 0 spiro atoms. The molecule has 2 rings (SSSR count). The fourth-order valence-corrected chi connectivity index (χ4v) is 4.39. The predicted molar refractivity (Wildman–Crippen MR) is 103 cm³/mol. The highest BCUT2D eigenvalue weighted by Gasteiger charge is 2.48. The number of amides is 1. The van der Waals surface area contributed by atoms with Gasteiger partial charge in [-0.3, -0.25) is 14.9 Å². The Hall–Kier alpha value is -1.63. The van der Waals surface area contributed by atoms with Crippen molar-refractivity contribution in [2.24, 2.45) is 5.92 Å². The van der Waals surface area contributed by atoms with E-state index < -0.39 is 24.1 Å². The number of hydrogen-bond acceptors (Lipinski definition) is 5. The van der Waals surface area contributed by atoms with Crippen LogP contribution in [0.15, 0.2) is 0 Å². The number of hydrogen-bond donors (Lipinski definition) is 2. The smallest absolute Gasteiger partial charge is 0.326 e. The Morgan fingerprint density at radius 2 is 1.89 bits per heavy atom. The second kappa shape index (κ2) is 10.6. The molecule has 1 amide bonds. The molecular formula is C20H36N2O5. The van der Waals surface area contributed by atoms with E-state index in [0.29, 0.717) is 19.4 Å². The molecule has 1 heterocycles. The number of rotatable bonds is 8. The Balaban J connectivity index is 0.00000364. The number of nitrogens with one attached hydrogen (secondary N) is 1. The van der Waals surface area contributed by atoms with Gasteiger partial charge in [0.15, 0.2) is 0 Å². The van der Waals surface area contributed by atoms with Crippen LogP contribution < -0.4 is 5.32 Å². The van der Waals surface area contributed by atoms with Crippen molar-refractivity contribution in [1.29, 1.82) is 0 Å². The average molecular weight is 385 g/mol. The number of ether oxygens (including phenoxy) is 1. The molecule has 2 fully saturated rings. The molecule has 0 unspecified atom stereocenters. The van der Waals surface area contributed by atoms with Crippen LogP contribution in [0.1, 0.15) is 73.1 Å². The van der Waals surface area contributed by atoms with Crippen molar-refractivity contribution >= 4 is 17.8 Å². The lowest BCUT2D eigenvalue weighted by Crippen LogP contribution is -2.55. The maximum atomic E-state index is 13.1. The molecule has 7 nitrogen and oxygen atoms in total. The number of carboxylic acid groups (broad SMARTS) is 1. The Bertz CT molecular complexity index is 525. The van der Waals surface area contributed by atoms with Gasteiger partial charge in [0.25, 0.3) is 0 Å². The van der Waals surface area contributed by atoms with E-state index in [9.17, 15) is 19.5 Å². The molecule has 0 aromatic carbocycles. The molecule has 5 atom stereocenters. The molecule has 1 aliphatic heterocycles. The van der Waals surface area contributed by atoms with Crippen molar-refractivity contribution in [3.05, 3.63) is 0 Å². The summed E-state index contributed by atoms with van der Waals surface area (Å²) in [6.07, 6.45) is 5.87. The summed E-state index contributed by atoms with van der Waals surface area (Å²) in [4.78, 5) is 38.5. The third-order valence-electron chi connectivity index (χ3n) is 5.60. The van der Waals surface area contributed by atoms with E-state index in [1.165, 1.54) is 0 Å². The Morgan fingerprint density at radius 3 is 2.48 bits per heavy atom. The number of likely N-dealkylation sites (tertiary alicyclic amines) is 1. The van der Waals surface area contributed by atoms with E-state index in [1.807, 2.05) is 6.92 Å². The van der Waals surface area contributed by atoms with Crippen LogP contribution in [0.3, 0.4) is 0 Å². The summed E-state index contributed by atoms with van der Waals surface area (Å²) in [5, 5.41) is 12.7. The summed E-state index contributed by atoms with van der Waals surface area (Å²) in [5.74, 6) is -1.24. The van der Waals surface area contributed by atoms with Crippen molar-refractivity contribution in [3.8, 4) is 0 Å². The highest BCUT2D eigenvalue weighted by molar-refractivity contribution is 5.88. The van der Waals surface area contributed by atoms with Gasteiger partial charge in [-0.15, -0.1) is 0 Å². The number of carboxylic acids is 1. The van der Waals surface area contributed by atoms with Crippen molar-refractivity contribution in [2.75, 3.05) is 6.61 Å². The molecule has 156 valence electrons. The first-order chi connectivity index (χ1) is 12.4. The third kappa shape index (κ3) is 5.43. The highest BCUT2D eigenvalue weighted by Crippen LogP contribution is 2.40. The molecular weight excluding hydrogens is 348 g/mol. The second-order valence-electron chi connectivity index (χ2n) is 7.43. The zero-order valence-corrected chi connectivity index (χ0v) is 16.1. The van der Waals surface area contributed by atoms with Gasteiger partial charge in [0.05, 0.1) is 12.6 Å². The fraction of sp³-hybridized carbons (Fsp3) is 0.850. The lowest BCUT2D eigenvalue weighted by Gasteiger charge is -2.35. The van der Waals surface area contributed by atoms with Gasteiger partial charge in [0.2, 0.25) is 5.91 Å². The fourth-order valence-electron chi connectivity index (χ4n) is 4.39. The zero-order valence-electron chi connectivity index (χ0n) is 16.1. The minimum Gasteiger partial charge on any atom is -0.480 e. The standard InChI is InChI=1S/C19H32N2O5.CH4/c1-4-8-14(19(25)26-5-2)20-12(3)17(22)21-15-10-7-6-9-13(15)11-16(21)18(23)24;/h12-16,20H,4-11H2,1-3H3,(H,23,24);1H4/t12-,13-,14+,15-,16-;/m0./s1. The van der Waals surface area contributed by atoms with Crippen LogP contribution in [0, 0.1) is 5.92 Å². The lowest BCUT2D eigenvalue weighted by atomic mass is 9.84. The minimum absolute atomic E-state index is 0. The van der Waals surface area contributed by atoms with Crippen LogP contribution in [-0.4, -0.2) is 58.6 Å². The largest absolute Gasteiger partial charge is 0.480 e. The Labute approximate surface area is 162 Å². The summed E-state index contributed by atoms with van der Waals surface area (Å²) in [7, 11) is 0. The summed E-state index contributed by atoms with van der Waals surface area (Å²) < 4.78 is 5.09. The summed E-state index contributed by atoms with van der Waals surface area (Å²) in [5.41, 5.74) is 0. The number of fused-ring (bicyclic) bond motifs is 1. The molecule has 1 aliphatic carbocycles. The van der Waals surface area contributed by atoms with E-state index in [-0.39, 0.29) is 31.3 Å². The van der Waals surface area contributed by atoms with Gasteiger partial charge in [-0.05, 0) is 45.4 Å². The number of carbonyl (C=O) groups is 3. The number of nitrogens with zero attached hydrogens (tertiary/aromatic N) is 1. The maximum absolute atomic E-state index is 13.1. The molecule has 1 saturated heterocycles. The molecule has 7 heteroatoms. The second-order valence-corrected chi connectivity index (χ2v) is 7.43. The van der Waals surface area contributed by atoms with Gasteiger partial charge in [0, 0.05) is 6.04 Å². The SMILES string of the molecule is C.CCC[C@@H](N[C@@H](C)C(=O)N1[C@H](C(=O)O)C[C@@H]2CCCC[C@@H]21)C(=O)OCC. The van der Waals surface area contributed by atoms with Crippen LogP contribution in [0.4, 0.5) is 0 Å². The third-order valence-corrected chi connectivity index (χ3v) is 5.60. The van der Waals surface area contributed by atoms with E-state index in [4.69, 9.17) is 4.74 Å². The monoisotopic (exact) mass is 384 g/mol. The Morgan fingerprint density at radius 1 is 1.22 bits per heavy atom. The van der Waals surface area contributed by atoms with E-state index >= 15 is 0 Å². The molecule has 0 aromatic heterocycles. The molecule has 27 heavy (non-hydrogen) atoms. The first kappa shape index (κ1) is 23.4. The van der Waals surface area contributed by atoms with Crippen molar-refractivity contribution in [1.82, 2.24) is 10.2 Å². The van der Waals surface area contributed by atoms with E-state index in [1.54, 1.807) is 18.7 Å². The van der Waals surface area contributed by atoms with Gasteiger partial charge < -0.3 is 14.7 Å². The molecule has 0 aromatic rings. The lowest BCUT2D eigenvalue weighted by molar-refractivity contribution is -0.152. The zero-order chi connectivity index (χ0) is 19.3. The molecule has 1 saturated carbocycles. The van der Waals surface area contributed by atoms with E-state index in [0.717, 1.165) is 32.1 Å². The molecule has 2 N–H and O–H groups in total. The number of aliphatic carboxylic acids is 1. The summed E-state index contributed by atoms with van der Waals surface area (Å²) in [6.45, 7) is 5.72. The van der Waals surface area contributed by atoms with Gasteiger partial charge in [-0.1, -0.05) is 33.6 Å². The number of esters is 1. The quantitative estimate of drug-likeness (QED) is 0.625. The van der Waals surface area contributed by atoms with Gasteiger partial charge in [-0.25, -0.2) is 4.79 Å². The van der Waals surface area contributed by atoms with Crippen molar-refractivity contribution in [2.45, 2.75) is 97.3 Å². The van der Waals surface area contributed by atoms with Crippen LogP contribution in [0.5, 0.6) is 0 Å². The minimum atomic E-state index is -0.935. The van der Waals surface area contributed by atoms with Crippen LogP contribution >= 0.6 is 0 Å². The van der Waals surface area contributed by atoms with Crippen LogP contribution in [0.25, 0.3) is 0 Å². The molecule has 0 radical (unpaired) electrons. The number of carbonyl (C=O) groups excluding carboxylic acids is 2. The Kier molecular flexibility index (Phi) is 9.22. The topological polar surface area (TPSA) is 95.9 Å². The van der Waals surface area contributed by atoms with Gasteiger partial charge in [0.1, 0.15) is 12.1 Å². The normalized spacial score (nSPS) is 26.5. The predicted octanol–water partition coefficient (Wildman–Crippen LogP) is 2.58. The highest BCUT2D eigenvalue weighted by atomic mass is 16.5. The summed E-state index contributed by atoms with van der Waals surface area (Å²) >= 11 is 0. The van der Waals surface area contributed by atoms with Crippen molar-refractivity contribution in [3.63, 3.8) is 0 Å². The first-order valence-electron chi connectivity index (χ1n) is 9.88. The molecule has 2 aliphatic rings. The maximum Gasteiger partial charge on any atom is 0.326 e. The van der Waals surface area contributed by atoms with Crippen LogP contribution in [-0.2, 0) is 19.1 Å². The van der Waals surface area contributed by atoms with Gasteiger partial charge >= 0.3 is 11.9 Å². The van der Waals surface area contributed by atoms with Crippen molar-refractivity contribution < 1.29 is 24.2 Å². The van der Waals surface area contributed by atoms with Gasteiger partial charge in [-0.2, -0.15) is 0 Å². The average Bonchev–Trinajstić information content (AvgIpc) is 3.00. The summed E-state index contributed by atoms with van der Waals surface area (Å²) in [6, 6.07) is -1.92. The first-order valence-corrected chi connectivity index (χ1v) is 9.88.